The van der Waals surface area contributed by atoms with Crippen molar-refractivity contribution in [2.24, 2.45) is 0 Å². The van der Waals surface area contributed by atoms with Gasteiger partial charge < -0.3 is 93.1 Å². The number of aliphatic hydroxyl groups excluding tert-OH is 2. The predicted octanol–water partition coefficient (Wildman–Crippen LogP) is -0.570. The van der Waals surface area contributed by atoms with Crippen LogP contribution in [0.5, 0.6) is 0 Å². The minimum Gasteiger partial charge on any atom is -0.512 e. The van der Waals surface area contributed by atoms with Gasteiger partial charge in [0, 0.05) is 0 Å². The molecule has 0 aliphatic heterocycles. The summed E-state index contributed by atoms with van der Waals surface area (Å²) in [5, 5.41) is 48.2. The summed E-state index contributed by atoms with van der Waals surface area (Å²) in [6, 6.07) is 0. The van der Waals surface area contributed by atoms with Crippen molar-refractivity contribution in [3.8, 4) is 0 Å². The van der Waals surface area contributed by atoms with Crippen LogP contribution in [0.4, 0.5) is 0 Å². The van der Waals surface area contributed by atoms with E-state index in [0.717, 1.165) is 0 Å². The molecule has 0 amide bonds. The molecule has 0 bridgehead atoms. The minimum absolute atomic E-state index is 0. The van der Waals surface area contributed by atoms with Gasteiger partial charge in [-0.1, -0.05) is 0 Å². The van der Waals surface area contributed by atoms with Crippen LogP contribution in [0.25, 0.3) is 0 Å². The molecule has 14 nitrogen and oxygen atoms in total. The summed E-state index contributed by atoms with van der Waals surface area (Å²) in [6.07, 6.45) is 0. The van der Waals surface area contributed by atoms with Gasteiger partial charge >= 0.3 is 27.3 Å². The number of nitrogens with zero attached hydrogens (tertiary/aromatic N) is 6. The van der Waals surface area contributed by atoms with Crippen LogP contribution in [0.2, 0.25) is 0 Å². The summed E-state index contributed by atoms with van der Waals surface area (Å²) < 4.78 is 33.0. The van der Waals surface area contributed by atoms with Crippen LogP contribution in [0.1, 0.15) is 0 Å². The van der Waals surface area contributed by atoms with Crippen LogP contribution in [-0.2, 0) is 45.5 Å². The molecule has 0 saturated carbocycles. The Hall–Kier alpha value is -2.64. The molecule has 179 valence electrons. The summed E-state index contributed by atoms with van der Waals surface area (Å²) in [5.74, 6) is 0. The second kappa shape index (κ2) is 103. The topological polar surface area (TPSA) is 249 Å². The van der Waals surface area contributed by atoms with Crippen molar-refractivity contribution >= 4 is 0 Å². The molecule has 0 aliphatic rings. The molecule has 1 radical (unpaired) electrons. The Morgan fingerprint density at radius 1 is 0.406 bits per heavy atom. The molecule has 0 heterocycles. The quantitative estimate of drug-likeness (QED) is 0.117. The van der Waals surface area contributed by atoms with Gasteiger partial charge in [0.1, 0.15) is 0 Å². The van der Waals surface area contributed by atoms with Crippen LogP contribution in [0.3, 0.4) is 0 Å². The zero-order valence-corrected chi connectivity index (χ0v) is 18.5. The Kier molecular flexibility index (Phi) is 167. The van der Waals surface area contributed by atoms with E-state index >= 15 is 0 Å². The minimum atomic E-state index is 0. The average molecular weight is 498 g/mol. The molecule has 15 heteroatoms. The fourth-order valence-electron chi connectivity index (χ4n) is 1.11. The number of rotatable bonds is 16. The van der Waals surface area contributed by atoms with Crippen LogP contribution < -0.4 is 0 Å². The molecular formula is C17H26FeN6O8+. The van der Waals surface area contributed by atoms with Crippen molar-refractivity contribution in [3.63, 3.8) is 0 Å². The molecule has 0 spiro atoms. The van der Waals surface area contributed by atoms with Gasteiger partial charge in [0.2, 0.25) is 0 Å². The summed E-state index contributed by atoms with van der Waals surface area (Å²) in [6.45, 7) is 28.6. The maximum absolute atomic E-state index is 8.45. The van der Waals surface area contributed by atoms with Crippen LogP contribution in [0, 0.1) is 64.6 Å². The van der Waals surface area contributed by atoms with Crippen molar-refractivity contribution in [2.45, 2.75) is 0 Å². The summed E-state index contributed by atoms with van der Waals surface area (Å²) in [5.41, 5.74) is 5.75. The fourth-order valence-corrected chi connectivity index (χ4v) is 1.11. The van der Waals surface area contributed by atoms with E-state index in [9.17, 15) is 0 Å². The monoisotopic (exact) mass is 498 g/mol. The van der Waals surface area contributed by atoms with Gasteiger partial charge in [-0.05, 0) is 0 Å². The molecule has 0 fully saturated rings. The second-order valence-corrected chi connectivity index (χ2v) is 3.51. The number of hydrogen-bond donors (Lipinski definition) is 2. The molecule has 0 unspecified atom stereocenters. The number of ether oxygens (including phenoxy) is 5. The number of aliphatic hydroxyl groups is 2. The van der Waals surface area contributed by atoms with Crippen LogP contribution in [0.15, 0.2) is 0 Å². The molecular weight excluding hydrogens is 472 g/mol. The van der Waals surface area contributed by atoms with Crippen molar-refractivity contribution in [3.05, 3.63) is 32.9 Å². The Labute approximate surface area is 200 Å². The van der Waals surface area contributed by atoms with Gasteiger partial charge in [-0.3, -0.25) is 0 Å². The molecule has 0 aliphatic carbocycles. The zero-order valence-electron chi connectivity index (χ0n) is 17.4. The van der Waals surface area contributed by atoms with E-state index in [1.54, 1.807) is 0 Å². The first-order valence-corrected chi connectivity index (χ1v) is 7.82. The van der Waals surface area contributed by atoms with Crippen molar-refractivity contribution in [2.75, 3.05) is 79.3 Å². The molecule has 0 atom stereocenters. The van der Waals surface area contributed by atoms with E-state index in [2.05, 4.69) is 0 Å². The molecule has 2 N–H and O–H groups in total. The Bertz CT molecular complexity index is 319. The van der Waals surface area contributed by atoms with Gasteiger partial charge in [-0.15, -0.1) is 0 Å². The molecule has 0 aromatic carbocycles. The van der Waals surface area contributed by atoms with E-state index < -0.39 is 0 Å². The first kappa shape index (κ1) is 51.8. The Morgan fingerprint density at radius 2 is 0.531 bits per heavy atom. The maximum atomic E-state index is 8.45. The van der Waals surface area contributed by atoms with E-state index in [1.807, 2.05) is 0 Å². The predicted molar refractivity (Wildman–Crippen MR) is 95.5 cm³/mol. The Morgan fingerprint density at radius 3 is 0.656 bits per heavy atom. The third-order valence-corrected chi connectivity index (χ3v) is 1.96. The third kappa shape index (κ3) is 107. The third-order valence-electron chi connectivity index (χ3n) is 1.96. The average Bonchev–Trinajstić information content (AvgIpc) is 2.89. The Balaban J connectivity index is -0.0000000634. The fraction of sp³-hybridized carbons (Fsp3) is 0.706. The largest absolute Gasteiger partial charge is 5.00 e. The van der Waals surface area contributed by atoms with Gasteiger partial charge in [0.25, 0.3) is 0 Å². The SMILES string of the molecule is N#[O+].OCCOCCOCCOCCOCCOCCO.[C-]#N.[C-]#N.[C-]#N.[C-]#N.[C-]#N.[Fe+5]. The van der Waals surface area contributed by atoms with Gasteiger partial charge in [-0.25, -0.2) is 0 Å². The van der Waals surface area contributed by atoms with Crippen molar-refractivity contribution in [1.82, 2.24) is 0 Å². The van der Waals surface area contributed by atoms with Crippen molar-refractivity contribution < 1.29 is 55.7 Å². The molecule has 0 aromatic heterocycles. The maximum Gasteiger partial charge on any atom is 5.00 e. The van der Waals surface area contributed by atoms with Gasteiger partial charge in [0.05, 0.1) is 79.3 Å². The summed E-state index contributed by atoms with van der Waals surface area (Å²) in [7, 11) is 0. The van der Waals surface area contributed by atoms with Crippen LogP contribution in [-0.4, -0.2) is 89.5 Å². The van der Waals surface area contributed by atoms with E-state index in [0.29, 0.717) is 66.1 Å². The molecule has 0 aromatic rings. The van der Waals surface area contributed by atoms with Crippen molar-refractivity contribution in [1.29, 1.82) is 31.8 Å². The van der Waals surface area contributed by atoms with Gasteiger partial charge in [0.15, 0.2) is 0 Å². The smallest absolute Gasteiger partial charge is 0.512 e. The first-order valence-electron chi connectivity index (χ1n) is 7.82. The molecule has 0 saturated heterocycles. The van der Waals surface area contributed by atoms with Crippen LogP contribution >= 0.6 is 0 Å². The standard InChI is InChI=1S/C12H26O7.5CN.Fe.NO/c13-1-3-15-5-7-17-9-11-19-12-10-18-8-6-16-4-2-14;5*1-2;;1-2/h13-14H,1-12H2;;;;;;;/q;5*-1;+5;+1. The molecule has 32 heavy (non-hydrogen) atoms. The molecule has 0 rings (SSSR count). The summed E-state index contributed by atoms with van der Waals surface area (Å²) >= 11 is 0. The van der Waals surface area contributed by atoms with E-state index in [-0.39, 0.29) is 30.3 Å². The van der Waals surface area contributed by atoms with Gasteiger partial charge in [-0.2, -0.15) is 0 Å². The van der Waals surface area contributed by atoms with E-state index in [1.165, 1.54) is 0 Å². The zero-order chi connectivity index (χ0) is 26.0. The number of hydrogen-bond acceptors (Lipinski definition) is 13. The van der Waals surface area contributed by atoms with E-state index in [4.69, 9.17) is 103 Å². The second-order valence-electron chi connectivity index (χ2n) is 3.51. The normalized spacial score (nSPS) is 6.94. The summed E-state index contributed by atoms with van der Waals surface area (Å²) in [4.78, 5) is 0. The first-order chi connectivity index (χ1) is 15.4.